The summed E-state index contributed by atoms with van der Waals surface area (Å²) < 4.78 is 0. The third-order valence-corrected chi connectivity index (χ3v) is 41.5. The van der Waals surface area contributed by atoms with E-state index in [1.807, 2.05) is 0 Å². The highest BCUT2D eigenvalue weighted by molar-refractivity contribution is 5.04. The van der Waals surface area contributed by atoms with E-state index in [0.717, 1.165) is 193 Å². The summed E-state index contributed by atoms with van der Waals surface area (Å²) >= 11 is 0. The van der Waals surface area contributed by atoms with Gasteiger partial charge in [0.2, 0.25) is 0 Å². The van der Waals surface area contributed by atoms with Gasteiger partial charge >= 0.3 is 0 Å². The number of fused-ring (bicyclic) bond motifs is 18. The minimum absolute atomic E-state index is 0.654. The van der Waals surface area contributed by atoms with Crippen molar-refractivity contribution in [3.63, 3.8) is 0 Å². The first kappa shape index (κ1) is 81.0. The summed E-state index contributed by atoms with van der Waals surface area (Å²) in [6.45, 7) is 41.7. The topological polar surface area (TPSA) is 0 Å². The van der Waals surface area contributed by atoms with Crippen molar-refractivity contribution in [2.24, 2.45) is 204 Å². The average molecular weight is 1420 g/mol. The fourth-order valence-electron chi connectivity index (χ4n) is 33.3. The molecular formula is C103H182. The first-order valence-electron chi connectivity index (χ1n) is 49.1. The van der Waals surface area contributed by atoms with Gasteiger partial charge in [0.15, 0.2) is 0 Å². The number of hydrogen-bond donors (Lipinski definition) is 0. The maximum absolute atomic E-state index is 2.54. The highest BCUT2D eigenvalue weighted by atomic mass is 14.6. The Hall–Kier alpha value is 0. The van der Waals surface area contributed by atoms with Gasteiger partial charge in [-0.2, -0.15) is 0 Å². The van der Waals surface area contributed by atoms with E-state index in [-0.39, 0.29) is 0 Å². The van der Waals surface area contributed by atoms with Gasteiger partial charge in [-0.25, -0.2) is 0 Å². The second-order valence-corrected chi connectivity index (χ2v) is 47.9. The quantitative estimate of drug-likeness (QED) is 0.259. The molecule has 28 saturated carbocycles. The highest BCUT2D eigenvalue weighted by Gasteiger charge is 2.53. The van der Waals surface area contributed by atoms with Crippen LogP contribution in [0.25, 0.3) is 0 Å². The lowest BCUT2D eigenvalue weighted by atomic mass is 9.49. The van der Waals surface area contributed by atoms with Crippen molar-refractivity contribution in [3.8, 4) is 0 Å². The van der Waals surface area contributed by atoms with Gasteiger partial charge in [0.05, 0.1) is 0 Å². The SMILES string of the molecule is CC12CC3CC(CC(C3)C1)C2.CC1C2CCC(C2)C1(C)C.CC1C2CCC(C2)C1C.CC1C2CCC(CC2)[C@H]1C.CC1CCC2(CCCCC2)CC1.CCC12CC3CC(CC(C3)C1)C2.CCC1CC2CCC1C2.C[C@@H]1C2CCC(CC2)C1(C)C.C[C@H]1CC2CCC1(C)CC2.C[C@H]1CC2CCC1CC2. The molecule has 0 heteroatoms. The lowest BCUT2D eigenvalue weighted by Gasteiger charge is -2.56. The molecule has 28 rings (SSSR count). The molecule has 594 valence electrons. The lowest BCUT2D eigenvalue weighted by Crippen LogP contribution is -2.45. The molecule has 0 aliphatic heterocycles. The van der Waals surface area contributed by atoms with Crippen LogP contribution in [0.4, 0.5) is 0 Å². The molecule has 28 fully saturated rings. The predicted octanol–water partition coefficient (Wildman–Crippen LogP) is 32.2. The van der Waals surface area contributed by atoms with E-state index in [0.29, 0.717) is 10.8 Å². The van der Waals surface area contributed by atoms with Gasteiger partial charge in [-0.05, 0) is 467 Å². The standard InChI is InChI=1S/C12H20.C12H22.C11H18.C11H20.3C10H18.3C9H16/c1-2-12-6-9-3-10(7-12)5-11(4-9)8-12;1-11-5-9-12(10-6-11)7-3-2-4-8-12;1-11-5-8-2-9(6-11)4-10(3-8)7-11;1-8-9-4-6-10(7-5-9)11(8,2)3;1-7-8-4-5-9(6-8)10(7,2)3;1-8-7-9-3-5-10(8,2)6-4-9;1-7-8(2)10-5-3-9(7)4-6-10;1-6-7(2)9-4-3-8(6)5-9;1-7-6-8-2-4-9(7)5-3-8;1-2-8-5-7-3-4-9(8)6-7/h9-11H,2-8H2,1H3;11H,2-10H2,1H3;8-10H,2-7H2,1H3;8-10H,4-7H2,1-3H3;7-9H,4-6H2,1-3H3;8-9H,3-7H2,1-2H3;7-10H,3-6H2,1-2H3;6-9H,3-5H2,1-2H3;2*7-9H,2-6H2,1H3/t;;;8-,9?,10?;;8-,9?,10?;7-,8?,9?,10?;;7-,8?,9?;/m...1.00.0./s1. The van der Waals surface area contributed by atoms with Crippen molar-refractivity contribution < 1.29 is 0 Å². The highest BCUT2D eigenvalue weighted by Crippen LogP contribution is 2.64. The Kier molecular flexibility index (Phi) is 27.0. The van der Waals surface area contributed by atoms with Crippen LogP contribution < -0.4 is 0 Å². The van der Waals surface area contributed by atoms with Crippen LogP contribution in [-0.4, -0.2) is 0 Å². The van der Waals surface area contributed by atoms with Gasteiger partial charge in [0.25, 0.3) is 0 Å². The van der Waals surface area contributed by atoms with E-state index in [9.17, 15) is 0 Å². The Labute approximate surface area is 645 Å². The second kappa shape index (κ2) is 34.4. The summed E-state index contributed by atoms with van der Waals surface area (Å²) in [7, 11) is 0. The number of hydrogen-bond acceptors (Lipinski definition) is 0. The number of rotatable bonds is 2. The van der Waals surface area contributed by atoms with Gasteiger partial charge in [-0.1, -0.05) is 182 Å². The molecule has 0 nitrogen and oxygen atoms in total. The molecule has 22 bridgehead atoms. The van der Waals surface area contributed by atoms with Crippen LogP contribution in [-0.2, 0) is 0 Å². The zero-order valence-corrected chi connectivity index (χ0v) is 72.8. The molecular weight excluding hydrogens is 1240 g/mol. The maximum atomic E-state index is 2.54. The summed E-state index contributed by atoms with van der Waals surface area (Å²) in [4.78, 5) is 0. The summed E-state index contributed by atoms with van der Waals surface area (Å²) in [6, 6.07) is 0. The summed E-state index contributed by atoms with van der Waals surface area (Å²) in [5.74, 6) is 31.6. The van der Waals surface area contributed by atoms with Gasteiger partial charge in [-0.15, -0.1) is 0 Å². The van der Waals surface area contributed by atoms with E-state index in [2.05, 4.69) is 118 Å². The predicted molar refractivity (Wildman–Crippen MR) is 448 cm³/mol. The molecule has 0 aromatic heterocycles. The van der Waals surface area contributed by atoms with Crippen LogP contribution in [0.15, 0.2) is 0 Å². The van der Waals surface area contributed by atoms with Crippen molar-refractivity contribution in [3.05, 3.63) is 0 Å². The smallest absolute Gasteiger partial charge is 0.0292 e. The molecule has 28 aliphatic carbocycles. The zero-order valence-electron chi connectivity index (χ0n) is 72.8. The van der Waals surface area contributed by atoms with Gasteiger partial charge in [-0.3, -0.25) is 0 Å². The maximum Gasteiger partial charge on any atom is -0.0292 e. The molecule has 0 aromatic carbocycles. The zero-order chi connectivity index (χ0) is 72.8. The van der Waals surface area contributed by atoms with E-state index >= 15 is 0 Å². The van der Waals surface area contributed by atoms with Crippen LogP contribution >= 0.6 is 0 Å². The first-order chi connectivity index (χ1) is 49.1. The van der Waals surface area contributed by atoms with Crippen LogP contribution in [0.1, 0.15) is 445 Å². The lowest BCUT2D eigenvalue weighted by molar-refractivity contribution is -0.0545. The monoisotopic (exact) mass is 1420 g/mol. The molecule has 0 N–H and O–H groups in total. The van der Waals surface area contributed by atoms with Crippen LogP contribution in [0, 0.1) is 204 Å². The fourth-order valence-corrected chi connectivity index (χ4v) is 33.3. The summed E-state index contributed by atoms with van der Waals surface area (Å²) in [5, 5.41) is 0. The summed E-state index contributed by atoms with van der Waals surface area (Å²) in [6.07, 6.45) is 78.8. The van der Waals surface area contributed by atoms with Crippen molar-refractivity contribution >= 4 is 0 Å². The largest absolute Gasteiger partial charge is 0.0651 e. The van der Waals surface area contributed by atoms with Crippen LogP contribution in [0.5, 0.6) is 0 Å². The minimum atomic E-state index is 0.654. The molecule has 0 radical (unpaired) electrons. The Morgan fingerprint density at radius 1 is 0.282 bits per heavy atom. The fraction of sp³-hybridized carbons (Fsp3) is 1.00. The molecule has 103 heavy (non-hydrogen) atoms. The Morgan fingerprint density at radius 3 is 1.00 bits per heavy atom. The third-order valence-electron chi connectivity index (χ3n) is 41.5. The summed E-state index contributed by atoms with van der Waals surface area (Å²) in [5.41, 5.74) is 4.55. The second-order valence-electron chi connectivity index (χ2n) is 47.9. The minimum Gasteiger partial charge on any atom is -0.0651 e. The Morgan fingerprint density at radius 2 is 0.699 bits per heavy atom. The molecule has 15 atom stereocenters. The molecule has 0 saturated heterocycles. The molecule has 0 amide bonds. The normalized spacial score (nSPS) is 50.4. The van der Waals surface area contributed by atoms with Crippen molar-refractivity contribution in [1.82, 2.24) is 0 Å². The molecule has 0 aromatic rings. The van der Waals surface area contributed by atoms with E-state index in [4.69, 9.17) is 0 Å². The average Bonchev–Trinajstić information content (AvgIpc) is 1.02. The van der Waals surface area contributed by atoms with Gasteiger partial charge in [0, 0.05) is 0 Å². The van der Waals surface area contributed by atoms with E-state index in [1.165, 1.54) is 161 Å². The van der Waals surface area contributed by atoms with E-state index in [1.54, 1.807) is 167 Å². The van der Waals surface area contributed by atoms with Crippen LogP contribution in [0.2, 0.25) is 0 Å². The van der Waals surface area contributed by atoms with Crippen molar-refractivity contribution in [2.45, 2.75) is 445 Å². The Bertz CT molecular complexity index is 2400. The van der Waals surface area contributed by atoms with Gasteiger partial charge in [0.1, 0.15) is 0 Å². The Balaban J connectivity index is 0.000000102. The first-order valence-corrected chi connectivity index (χ1v) is 49.1. The molecule has 11 unspecified atom stereocenters. The molecule has 1 spiro atoms. The van der Waals surface area contributed by atoms with Crippen molar-refractivity contribution in [1.29, 1.82) is 0 Å². The van der Waals surface area contributed by atoms with Gasteiger partial charge < -0.3 is 0 Å². The third kappa shape index (κ3) is 19.0. The van der Waals surface area contributed by atoms with Crippen LogP contribution in [0.3, 0.4) is 0 Å². The molecule has 0 heterocycles. The molecule has 28 aliphatic rings. The van der Waals surface area contributed by atoms with Crippen molar-refractivity contribution in [2.75, 3.05) is 0 Å². The van der Waals surface area contributed by atoms with E-state index < -0.39 is 0 Å².